The van der Waals surface area contributed by atoms with Crippen LogP contribution < -0.4 is 0 Å². The van der Waals surface area contributed by atoms with Crippen LogP contribution in [0.15, 0.2) is 59.6 Å². The topological polar surface area (TPSA) is 0 Å². The minimum atomic E-state index is 1.09. The molecule has 2 aromatic rings. The Morgan fingerprint density at radius 3 is 2.40 bits per heavy atom. The van der Waals surface area contributed by atoms with Crippen LogP contribution in [0.5, 0.6) is 0 Å². The summed E-state index contributed by atoms with van der Waals surface area (Å²) < 4.78 is 1.09. The minimum absolute atomic E-state index is 1.09. The third-order valence-corrected chi connectivity index (χ3v) is 2.81. The molecule has 2 aromatic carbocycles. The van der Waals surface area contributed by atoms with E-state index in [1.807, 2.05) is 30.3 Å². The quantitative estimate of drug-likeness (QED) is 0.729. The van der Waals surface area contributed by atoms with Gasteiger partial charge in [0, 0.05) is 4.47 Å². The lowest BCUT2D eigenvalue weighted by atomic mass is 10.00. The third-order valence-electron chi connectivity index (χ3n) is 2.32. The minimum Gasteiger partial charge on any atom is -0.0984 e. The summed E-state index contributed by atoms with van der Waals surface area (Å²) in [6, 6.07) is 16.5. The Bertz CT molecular complexity index is 472. The lowest BCUT2D eigenvalue weighted by molar-refractivity contribution is 1.57. The average Bonchev–Trinajstić information content (AvgIpc) is 2.30. The largest absolute Gasteiger partial charge is 0.0984 e. The Labute approximate surface area is 98.4 Å². The second-order valence-corrected chi connectivity index (χ2v) is 4.22. The lowest BCUT2D eigenvalue weighted by Crippen LogP contribution is -1.82. The first-order valence-corrected chi connectivity index (χ1v) is 5.58. The first-order valence-electron chi connectivity index (χ1n) is 4.78. The summed E-state index contributed by atoms with van der Waals surface area (Å²) in [6.45, 7) is 3.83. The summed E-state index contributed by atoms with van der Waals surface area (Å²) in [5.74, 6) is 0. The fraction of sp³-hybridized carbons (Fsp3) is 0. The number of hydrogen-bond donors (Lipinski definition) is 0. The Morgan fingerprint density at radius 1 is 1.00 bits per heavy atom. The van der Waals surface area contributed by atoms with E-state index >= 15 is 0 Å². The number of rotatable bonds is 2. The maximum atomic E-state index is 3.83. The molecule has 0 heterocycles. The molecule has 0 fully saturated rings. The highest BCUT2D eigenvalue weighted by Gasteiger charge is 2.02. The summed E-state index contributed by atoms with van der Waals surface area (Å²) in [6.07, 6.45) is 1.88. The molecule has 0 amide bonds. The van der Waals surface area contributed by atoms with E-state index in [4.69, 9.17) is 0 Å². The SMILES string of the molecule is C=Cc1ccc(Br)cc1-c1ccccc1. The van der Waals surface area contributed by atoms with Crippen molar-refractivity contribution in [1.82, 2.24) is 0 Å². The van der Waals surface area contributed by atoms with Crippen LogP contribution in [-0.4, -0.2) is 0 Å². The Balaban J connectivity index is 2.61. The molecule has 74 valence electrons. The van der Waals surface area contributed by atoms with Crippen LogP contribution in [-0.2, 0) is 0 Å². The zero-order valence-electron chi connectivity index (χ0n) is 8.28. The van der Waals surface area contributed by atoms with E-state index in [-0.39, 0.29) is 0 Å². The second kappa shape index (κ2) is 4.45. The van der Waals surface area contributed by atoms with Gasteiger partial charge in [0.15, 0.2) is 0 Å². The Hall–Kier alpha value is -1.34. The summed E-state index contributed by atoms with van der Waals surface area (Å²) >= 11 is 3.49. The molecule has 0 atom stereocenters. The molecule has 1 heteroatoms. The molecule has 0 unspecified atom stereocenters. The molecule has 0 spiro atoms. The molecular weight excluding hydrogens is 248 g/mol. The van der Waals surface area contributed by atoms with Crippen molar-refractivity contribution in [3.8, 4) is 11.1 Å². The van der Waals surface area contributed by atoms with Crippen LogP contribution in [0, 0.1) is 0 Å². The average molecular weight is 259 g/mol. The molecule has 0 saturated heterocycles. The number of benzene rings is 2. The summed E-state index contributed by atoms with van der Waals surface area (Å²) in [5, 5.41) is 0. The van der Waals surface area contributed by atoms with E-state index < -0.39 is 0 Å². The van der Waals surface area contributed by atoms with Crippen molar-refractivity contribution in [1.29, 1.82) is 0 Å². The van der Waals surface area contributed by atoms with Gasteiger partial charge < -0.3 is 0 Å². The molecule has 0 bridgehead atoms. The van der Waals surface area contributed by atoms with Crippen LogP contribution in [0.2, 0.25) is 0 Å². The van der Waals surface area contributed by atoms with E-state index in [9.17, 15) is 0 Å². The fourth-order valence-electron chi connectivity index (χ4n) is 1.57. The Morgan fingerprint density at radius 2 is 1.73 bits per heavy atom. The zero-order chi connectivity index (χ0) is 10.7. The van der Waals surface area contributed by atoms with Gasteiger partial charge in [0.25, 0.3) is 0 Å². The van der Waals surface area contributed by atoms with Gasteiger partial charge >= 0.3 is 0 Å². The number of hydrogen-bond acceptors (Lipinski definition) is 0. The van der Waals surface area contributed by atoms with Crippen molar-refractivity contribution in [2.45, 2.75) is 0 Å². The molecule has 0 radical (unpaired) electrons. The van der Waals surface area contributed by atoms with E-state index in [0.29, 0.717) is 0 Å². The first-order chi connectivity index (χ1) is 7.31. The summed E-state index contributed by atoms with van der Waals surface area (Å²) in [4.78, 5) is 0. The normalized spacial score (nSPS) is 9.93. The van der Waals surface area contributed by atoms with Crippen molar-refractivity contribution in [2.75, 3.05) is 0 Å². The van der Waals surface area contributed by atoms with Crippen molar-refractivity contribution < 1.29 is 0 Å². The fourth-order valence-corrected chi connectivity index (χ4v) is 1.94. The van der Waals surface area contributed by atoms with E-state index in [1.165, 1.54) is 11.1 Å². The second-order valence-electron chi connectivity index (χ2n) is 3.30. The third kappa shape index (κ3) is 2.18. The summed E-state index contributed by atoms with van der Waals surface area (Å²) in [5.41, 5.74) is 3.58. The van der Waals surface area contributed by atoms with Gasteiger partial charge in [-0.2, -0.15) is 0 Å². The molecular formula is C14H11Br. The maximum Gasteiger partial charge on any atom is 0.0181 e. The van der Waals surface area contributed by atoms with Crippen LogP contribution in [0.1, 0.15) is 5.56 Å². The van der Waals surface area contributed by atoms with Crippen molar-refractivity contribution >= 4 is 22.0 Å². The van der Waals surface area contributed by atoms with E-state index in [1.54, 1.807) is 0 Å². The smallest absolute Gasteiger partial charge is 0.0181 e. The van der Waals surface area contributed by atoms with Crippen molar-refractivity contribution in [2.24, 2.45) is 0 Å². The van der Waals surface area contributed by atoms with Gasteiger partial charge in [0.2, 0.25) is 0 Å². The molecule has 0 saturated carbocycles. The summed E-state index contributed by atoms with van der Waals surface area (Å²) in [7, 11) is 0. The van der Waals surface area contributed by atoms with Crippen LogP contribution in [0.4, 0.5) is 0 Å². The predicted octanol–water partition coefficient (Wildman–Crippen LogP) is 4.76. The predicted molar refractivity (Wildman–Crippen MR) is 69.7 cm³/mol. The van der Waals surface area contributed by atoms with Gasteiger partial charge in [-0.05, 0) is 28.8 Å². The van der Waals surface area contributed by atoms with Gasteiger partial charge in [0.1, 0.15) is 0 Å². The molecule has 0 aliphatic rings. The standard InChI is InChI=1S/C14H11Br/c1-2-11-8-9-13(15)10-14(11)12-6-4-3-5-7-12/h2-10H,1H2. The van der Waals surface area contributed by atoms with Crippen LogP contribution in [0.3, 0.4) is 0 Å². The van der Waals surface area contributed by atoms with Gasteiger partial charge in [0.05, 0.1) is 0 Å². The monoisotopic (exact) mass is 258 g/mol. The van der Waals surface area contributed by atoms with Gasteiger partial charge in [-0.15, -0.1) is 0 Å². The van der Waals surface area contributed by atoms with Crippen LogP contribution >= 0.6 is 15.9 Å². The molecule has 0 nitrogen and oxygen atoms in total. The van der Waals surface area contributed by atoms with Gasteiger partial charge in [-0.1, -0.05) is 65.0 Å². The Kier molecular flexibility index (Phi) is 3.02. The highest BCUT2D eigenvalue weighted by Crippen LogP contribution is 2.27. The molecule has 0 aliphatic carbocycles. The maximum absolute atomic E-state index is 3.83. The van der Waals surface area contributed by atoms with E-state index in [2.05, 4.69) is 46.8 Å². The first kappa shape index (κ1) is 10.2. The number of halogens is 1. The van der Waals surface area contributed by atoms with Crippen molar-refractivity contribution in [3.05, 3.63) is 65.1 Å². The molecule has 0 aromatic heterocycles. The molecule has 0 N–H and O–H groups in total. The van der Waals surface area contributed by atoms with E-state index in [0.717, 1.165) is 10.0 Å². The molecule has 0 aliphatic heterocycles. The van der Waals surface area contributed by atoms with Gasteiger partial charge in [-0.3, -0.25) is 0 Å². The van der Waals surface area contributed by atoms with Gasteiger partial charge in [-0.25, -0.2) is 0 Å². The highest BCUT2D eigenvalue weighted by molar-refractivity contribution is 9.10. The molecule has 15 heavy (non-hydrogen) atoms. The van der Waals surface area contributed by atoms with Crippen LogP contribution in [0.25, 0.3) is 17.2 Å². The van der Waals surface area contributed by atoms with Crippen molar-refractivity contribution in [3.63, 3.8) is 0 Å². The lowest BCUT2D eigenvalue weighted by Gasteiger charge is -2.06. The molecule has 2 rings (SSSR count). The highest BCUT2D eigenvalue weighted by atomic mass is 79.9. The zero-order valence-corrected chi connectivity index (χ0v) is 9.87.